The van der Waals surface area contributed by atoms with Crippen molar-refractivity contribution >= 4 is 11.6 Å². The van der Waals surface area contributed by atoms with Crippen molar-refractivity contribution in [3.63, 3.8) is 0 Å². The van der Waals surface area contributed by atoms with E-state index in [1.165, 1.54) is 5.56 Å². The van der Waals surface area contributed by atoms with Gasteiger partial charge in [-0.2, -0.15) is 0 Å². The molecule has 0 aromatic heterocycles. The van der Waals surface area contributed by atoms with Crippen molar-refractivity contribution in [2.45, 2.75) is 63.9 Å². The number of rotatable bonds is 5. The van der Waals surface area contributed by atoms with Crippen LogP contribution in [-0.2, 0) is 16.1 Å². The molecule has 1 spiro atoms. The van der Waals surface area contributed by atoms with Crippen LogP contribution in [0.15, 0.2) is 65.7 Å². The molecular weight excluding hydrogens is 372 g/mol. The van der Waals surface area contributed by atoms with Crippen LogP contribution in [0, 0.1) is 11.8 Å². The number of nitrogens with zero attached hydrogens (tertiary/aromatic N) is 2. The summed E-state index contributed by atoms with van der Waals surface area (Å²) >= 11 is 0. The summed E-state index contributed by atoms with van der Waals surface area (Å²) in [6.07, 6.45) is 3.36. The van der Waals surface area contributed by atoms with E-state index in [1.54, 1.807) is 0 Å². The van der Waals surface area contributed by atoms with E-state index in [2.05, 4.69) is 56.3 Å². The fourth-order valence-electron chi connectivity index (χ4n) is 5.61. The fourth-order valence-corrected chi connectivity index (χ4v) is 5.61. The van der Waals surface area contributed by atoms with E-state index in [0.717, 1.165) is 37.0 Å². The van der Waals surface area contributed by atoms with Crippen molar-refractivity contribution in [2.75, 3.05) is 0 Å². The zero-order chi connectivity index (χ0) is 20.7. The molecular formula is C26H30N2O2. The molecule has 2 aliphatic heterocycles. The van der Waals surface area contributed by atoms with Crippen LogP contribution in [0.5, 0.6) is 0 Å². The predicted octanol–water partition coefficient (Wildman–Crippen LogP) is 5.15. The first-order chi connectivity index (χ1) is 14.6. The van der Waals surface area contributed by atoms with Gasteiger partial charge in [-0.05, 0) is 35.8 Å². The molecule has 1 amide bonds. The molecule has 5 atom stereocenters. The normalized spacial score (nSPS) is 32.7. The predicted molar refractivity (Wildman–Crippen MR) is 118 cm³/mol. The molecule has 4 nitrogen and oxygen atoms in total. The largest absolute Gasteiger partial charge is 0.325 e. The van der Waals surface area contributed by atoms with E-state index in [9.17, 15) is 4.79 Å². The maximum absolute atomic E-state index is 13.7. The van der Waals surface area contributed by atoms with Crippen LogP contribution in [-0.4, -0.2) is 28.5 Å². The molecule has 4 heteroatoms. The first-order valence-corrected chi connectivity index (χ1v) is 11.3. The van der Waals surface area contributed by atoms with E-state index in [0.29, 0.717) is 12.5 Å². The first-order valence-electron chi connectivity index (χ1n) is 11.3. The Bertz CT molecular complexity index is 942. The monoisotopic (exact) mass is 402 g/mol. The third-order valence-corrected chi connectivity index (χ3v) is 7.23. The van der Waals surface area contributed by atoms with Crippen LogP contribution in [0.25, 0.3) is 0 Å². The van der Waals surface area contributed by atoms with Gasteiger partial charge in [-0.3, -0.25) is 9.79 Å². The van der Waals surface area contributed by atoms with Gasteiger partial charge in [0.05, 0.1) is 5.71 Å². The Hall–Kier alpha value is -2.46. The zero-order valence-electron chi connectivity index (χ0n) is 17.8. The highest BCUT2D eigenvalue weighted by Crippen LogP contribution is 2.52. The number of carbonyl (C=O) groups excluding carboxylic acids is 1. The summed E-state index contributed by atoms with van der Waals surface area (Å²) in [5, 5.41) is 0. The number of benzene rings is 2. The maximum atomic E-state index is 13.7. The Kier molecular flexibility index (Phi) is 4.98. The molecule has 1 saturated carbocycles. The number of carbonyl (C=O) groups is 1. The van der Waals surface area contributed by atoms with Gasteiger partial charge in [0.15, 0.2) is 12.0 Å². The van der Waals surface area contributed by atoms with E-state index < -0.39 is 5.72 Å². The van der Waals surface area contributed by atoms with Gasteiger partial charge >= 0.3 is 0 Å². The smallest absolute Gasteiger partial charge is 0.229 e. The van der Waals surface area contributed by atoms with E-state index >= 15 is 0 Å². The van der Waals surface area contributed by atoms with Gasteiger partial charge in [0, 0.05) is 18.9 Å². The van der Waals surface area contributed by atoms with Crippen LogP contribution < -0.4 is 0 Å². The second kappa shape index (κ2) is 7.66. The number of aliphatic imine (C=N–C) groups is 1. The molecule has 3 aliphatic rings. The van der Waals surface area contributed by atoms with Crippen LogP contribution >= 0.6 is 0 Å². The SMILES string of the molecule is CCC[C@@H]1N=C2C[C@H](c3ccccc3)[C@@H](C)[C@@H]3C[C@@]2(O1)N(Cc1ccccc1)C3=O. The van der Waals surface area contributed by atoms with Crippen LogP contribution in [0.2, 0.25) is 0 Å². The fraction of sp³-hybridized carbons (Fsp3) is 0.462. The number of hydrogen-bond donors (Lipinski definition) is 0. The molecule has 5 rings (SSSR count). The number of fused-ring (bicyclic) bond motifs is 1. The average Bonchev–Trinajstić information content (AvgIpc) is 3.21. The van der Waals surface area contributed by atoms with Crippen LogP contribution in [0.3, 0.4) is 0 Å². The van der Waals surface area contributed by atoms with Crippen LogP contribution in [0.1, 0.15) is 56.6 Å². The van der Waals surface area contributed by atoms with Crippen molar-refractivity contribution < 1.29 is 9.53 Å². The molecule has 2 fully saturated rings. The summed E-state index contributed by atoms with van der Waals surface area (Å²) in [4.78, 5) is 20.8. The summed E-state index contributed by atoms with van der Waals surface area (Å²) < 4.78 is 6.65. The molecule has 0 N–H and O–H groups in total. The topological polar surface area (TPSA) is 41.9 Å². The minimum Gasteiger partial charge on any atom is -0.325 e. The molecule has 2 aromatic carbocycles. The lowest BCUT2D eigenvalue weighted by atomic mass is 9.78. The van der Waals surface area contributed by atoms with E-state index in [-0.39, 0.29) is 24.0 Å². The lowest BCUT2D eigenvalue weighted by molar-refractivity contribution is -0.150. The van der Waals surface area contributed by atoms with Crippen LogP contribution in [0.4, 0.5) is 0 Å². The molecule has 0 radical (unpaired) electrons. The Morgan fingerprint density at radius 1 is 1.07 bits per heavy atom. The van der Waals surface area contributed by atoms with Gasteiger partial charge < -0.3 is 9.64 Å². The van der Waals surface area contributed by atoms with E-state index in [1.807, 2.05) is 23.1 Å². The standard InChI is InChI=1S/C26H30N2O2/c1-3-10-24-27-23-15-21(20-13-8-5-9-14-20)18(2)22-16-26(23,30-24)28(25(22)29)17-19-11-6-4-7-12-19/h4-9,11-14,18,21-22,24H,3,10,15-17H2,1-2H3/t18-,21+,22+,24-,26+/m1/s1. The lowest BCUT2D eigenvalue weighted by Crippen LogP contribution is -2.52. The zero-order valence-corrected chi connectivity index (χ0v) is 17.8. The highest BCUT2D eigenvalue weighted by molar-refractivity contribution is 6.01. The number of likely N-dealkylation sites (tertiary alicyclic amines) is 1. The van der Waals surface area contributed by atoms with Gasteiger partial charge in [0.2, 0.25) is 5.91 Å². The molecule has 2 heterocycles. The van der Waals surface area contributed by atoms with Crippen molar-refractivity contribution in [1.82, 2.24) is 4.90 Å². The Balaban J connectivity index is 1.55. The molecule has 1 aliphatic carbocycles. The average molecular weight is 403 g/mol. The summed E-state index contributed by atoms with van der Waals surface area (Å²) in [6.45, 7) is 4.98. The molecule has 0 unspecified atom stereocenters. The van der Waals surface area contributed by atoms with Gasteiger partial charge in [-0.25, -0.2) is 0 Å². The summed E-state index contributed by atoms with van der Waals surface area (Å²) in [6, 6.07) is 20.9. The highest BCUT2D eigenvalue weighted by atomic mass is 16.6. The number of hydrogen-bond acceptors (Lipinski definition) is 3. The first kappa shape index (κ1) is 19.5. The molecule has 2 bridgehead atoms. The maximum Gasteiger partial charge on any atom is 0.229 e. The third kappa shape index (κ3) is 3.09. The molecule has 156 valence electrons. The molecule has 2 aromatic rings. The van der Waals surface area contributed by atoms with Crippen molar-refractivity contribution in [2.24, 2.45) is 16.8 Å². The number of ether oxygens (including phenoxy) is 1. The summed E-state index contributed by atoms with van der Waals surface area (Å²) in [5.74, 6) is 0.728. The third-order valence-electron chi connectivity index (χ3n) is 7.23. The quantitative estimate of drug-likeness (QED) is 0.694. The minimum atomic E-state index is -0.671. The molecule has 1 saturated heterocycles. The lowest BCUT2D eigenvalue weighted by Gasteiger charge is -2.37. The van der Waals surface area contributed by atoms with Gasteiger partial charge in [0.25, 0.3) is 0 Å². The van der Waals surface area contributed by atoms with Crippen molar-refractivity contribution in [3.8, 4) is 0 Å². The van der Waals surface area contributed by atoms with Crippen molar-refractivity contribution in [3.05, 3.63) is 71.8 Å². The summed E-state index contributed by atoms with van der Waals surface area (Å²) in [5.41, 5.74) is 2.85. The highest BCUT2D eigenvalue weighted by Gasteiger charge is 2.62. The second-order valence-corrected chi connectivity index (χ2v) is 9.02. The Morgan fingerprint density at radius 2 is 1.77 bits per heavy atom. The van der Waals surface area contributed by atoms with Crippen molar-refractivity contribution in [1.29, 1.82) is 0 Å². The minimum absolute atomic E-state index is 0.0352. The van der Waals surface area contributed by atoms with Gasteiger partial charge in [-0.15, -0.1) is 0 Å². The van der Waals surface area contributed by atoms with Gasteiger partial charge in [0.1, 0.15) is 0 Å². The van der Waals surface area contributed by atoms with E-state index in [4.69, 9.17) is 9.73 Å². The Morgan fingerprint density at radius 3 is 2.47 bits per heavy atom. The summed E-state index contributed by atoms with van der Waals surface area (Å²) in [7, 11) is 0. The van der Waals surface area contributed by atoms with Gasteiger partial charge in [-0.1, -0.05) is 80.9 Å². The second-order valence-electron chi connectivity index (χ2n) is 9.02. The number of amides is 1. The molecule has 30 heavy (non-hydrogen) atoms. The Labute approximate surface area is 179 Å².